The van der Waals surface area contributed by atoms with Crippen molar-refractivity contribution in [2.75, 3.05) is 32.7 Å². The van der Waals surface area contributed by atoms with Crippen molar-refractivity contribution in [3.8, 4) is 0 Å². The van der Waals surface area contributed by atoms with E-state index in [0.29, 0.717) is 27.4 Å². The highest BCUT2D eigenvalue weighted by atomic mass is 35.5. The zero-order chi connectivity index (χ0) is 24.4. The predicted octanol–water partition coefficient (Wildman–Crippen LogP) is 5.44. The van der Waals surface area contributed by atoms with Gasteiger partial charge in [0.2, 0.25) is 5.91 Å². The fourth-order valence-electron chi connectivity index (χ4n) is 6.10. The van der Waals surface area contributed by atoms with E-state index in [1.54, 1.807) is 18.2 Å². The number of hydrogen-bond donors (Lipinski definition) is 1. The van der Waals surface area contributed by atoms with Gasteiger partial charge in [-0.1, -0.05) is 72.4 Å². The molecule has 1 N–H and O–H groups in total. The smallest absolute Gasteiger partial charge is 0.256 e. The van der Waals surface area contributed by atoms with Crippen molar-refractivity contribution in [2.24, 2.45) is 17.8 Å². The lowest BCUT2D eigenvalue weighted by atomic mass is 10.0. The molecule has 2 amide bonds. The third kappa shape index (κ3) is 5.52. The number of nitrogens with one attached hydrogen (secondary N) is 1. The van der Waals surface area contributed by atoms with Crippen LogP contribution in [0.5, 0.6) is 0 Å². The number of likely N-dealkylation sites (tertiary alicyclic amines) is 2. The SMILES string of the molecule is O=C(N[C@@H](CCN1C[C@@H]2CN(C(=O)c3c(Cl)cccc3Cl)C[C@@H]2C1)c1ccccc1)C1CCCC1. The van der Waals surface area contributed by atoms with Gasteiger partial charge in [-0.05, 0) is 48.8 Å². The molecule has 2 aromatic carbocycles. The van der Waals surface area contributed by atoms with Crippen LogP contribution in [-0.4, -0.2) is 54.3 Å². The van der Waals surface area contributed by atoms with E-state index in [2.05, 4.69) is 22.3 Å². The minimum absolute atomic E-state index is 0.0326. The number of rotatable bonds is 7. The highest BCUT2D eigenvalue weighted by Crippen LogP contribution is 2.35. The second-order valence-electron chi connectivity index (χ2n) is 10.3. The summed E-state index contributed by atoms with van der Waals surface area (Å²) in [5.41, 5.74) is 1.59. The molecule has 0 unspecified atom stereocenters. The highest BCUT2D eigenvalue weighted by molar-refractivity contribution is 6.39. The van der Waals surface area contributed by atoms with Crippen LogP contribution in [0.15, 0.2) is 48.5 Å². The van der Waals surface area contributed by atoms with Crippen LogP contribution in [0, 0.1) is 17.8 Å². The molecule has 35 heavy (non-hydrogen) atoms. The second-order valence-corrected chi connectivity index (χ2v) is 11.1. The van der Waals surface area contributed by atoms with E-state index < -0.39 is 0 Å². The molecule has 2 aromatic rings. The second kappa shape index (κ2) is 10.9. The molecule has 2 aliphatic heterocycles. The maximum Gasteiger partial charge on any atom is 0.256 e. The monoisotopic (exact) mass is 513 g/mol. The van der Waals surface area contributed by atoms with Crippen molar-refractivity contribution >= 4 is 35.0 Å². The van der Waals surface area contributed by atoms with E-state index >= 15 is 0 Å². The normalized spacial score (nSPS) is 23.4. The summed E-state index contributed by atoms with van der Waals surface area (Å²) >= 11 is 12.6. The average Bonchev–Trinajstić information content (AvgIpc) is 3.59. The van der Waals surface area contributed by atoms with Gasteiger partial charge in [0.25, 0.3) is 5.91 Å². The van der Waals surface area contributed by atoms with E-state index in [-0.39, 0.29) is 23.8 Å². The van der Waals surface area contributed by atoms with Crippen LogP contribution in [0.25, 0.3) is 0 Å². The summed E-state index contributed by atoms with van der Waals surface area (Å²) in [4.78, 5) is 30.4. The van der Waals surface area contributed by atoms with Crippen LogP contribution in [0.1, 0.15) is 54.1 Å². The van der Waals surface area contributed by atoms with Crippen LogP contribution in [0.3, 0.4) is 0 Å². The van der Waals surface area contributed by atoms with Gasteiger partial charge in [-0.15, -0.1) is 0 Å². The number of nitrogens with zero attached hydrogens (tertiary/aromatic N) is 2. The lowest BCUT2D eigenvalue weighted by Crippen LogP contribution is -2.36. The number of benzene rings is 2. The van der Waals surface area contributed by atoms with Crippen LogP contribution in [0.4, 0.5) is 0 Å². The third-order valence-electron chi connectivity index (χ3n) is 8.00. The zero-order valence-corrected chi connectivity index (χ0v) is 21.5. The number of carbonyl (C=O) groups excluding carboxylic acids is 2. The fourth-order valence-corrected chi connectivity index (χ4v) is 6.65. The zero-order valence-electron chi connectivity index (χ0n) is 20.0. The summed E-state index contributed by atoms with van der Waals surface area (Å²) in [5.74, 6) is 1.23. The molecule has 1 saturated carbocycles. The van der Waals surface area contributed by atoms with Crippen molar-refractivity contribution in [1.29, 1.82) is 0 Å². The minimum Gasteiger partial charge on any atom is -0.349 e. The van der Waals surface area contributed by atoms with Gasteiger partial charge in [-0.2, -0.15) is 0 Å². The first-order chi connectivity index (χ1) is 17.0. The molecule has 2 saturated heterocycles. The quantitative estimate of drug-likeness (QED) is 0.536. The summed E-state index contributed by atoms with van der Waals surface area (Å²) in [7, 11) is 0. The molecule has 5 nitrogen and oxygen atoms in total. The number of amides is 2. The summed E-state index contributed by atoms with van der Waals surface area (Å²) in [6, 6.07) is 15.6. The lowest BCUT2D eigenvalue weighted by Gasteiger charge is -2.26. The Morgan fingerprint density at radius 3 is 2.14 bits per heavy atom. The molecule has 1 aliphatic carbocycles. The van der Waals surface area contributed by atoms with Gasteiger partial charge in [0.15, 0.2) is 0 Å². The van der Waals surface area contributed by atoms with E-state index in [1.807, 2.05) is 23.1 Å². The molecule has 2 heterocycles. The maximum absolute atomic E-state index is 13.1. The van der Waals surface area contributed by atoms with Crippen LogP contribution < -0.4 is 5.32 Å². The number of fused-ring (bicyclic) bond motifs is 1. The molecular weight excluding hydrogens is 481 g/mol. The van der Waals surface area contributed by atoms with E-state index in [4.69, 9.17) is 23.2 Å². The fraction of sp³-hybridized carbons (Fsp3) is 0.500. The molecule has 3 aliphatic rings. The third-order valence-corrected chi connectivity index (χ3v) is 8.63. The van der Waals surface area contributed by atoms with Gasteiger partial charge in [-0.3, -0.25) is 9.59 Å². The van der Waals surface area contributed by atoms with Gasteiger partial charge in [-0.25, -0.2) is 0 Å². The summed E-state index contributed by atoms with van der Waals surface area (Å²) < 4.78 is 0. The van der Waals surface area contributed by atoms with Crippen molar-refractivity contribution in [1.82, 2.24) is 15.1 Å². The number of carbonyl (C=O) groups is 2. The molecule has 0 bridgehead atoms. The Balaban J connectivity index is 1.17. The Kier molecular flexibility index (Phi) is 7.66. The molecule has 3 atom stereocenters. The van der Waals surface area contributed by atoms with Crippen molar-refractivity contribution in [3.63, 3.8) is 0 Å². The number of hydrogen-bond acceptors (Lipinski definition) is 3. The van der Waals surface area contributed by atoms with Gasteiger partial charge in [0.1, 0.15) is 0 Å². The Morgan fingerprint density at radius 2 is 1.51 bits per heavy atom. The molecule has 186 valence electrons. The molecule has 3 fully saturated rings. The van der Waals surface area contributed by atoms with Gasteiger partial charge in [0.05, 0.1) is 21.7 Å². The highest BCUT2D eigenvalue weighted by Gasteiger charge is 2.42. The Labute approximate surface area is 217 Å². The van der Waals surface area contributed by atoms with E-state index in [1.165, 1.54) is 5.56 Å². The molecule has 0 spiro atoms. The lowest BCUT2D eigenvalue weighted by molar-refractivity contribution is -0.125. The summed E-state index contributed by atoms with van der Waals surface area (Å²) in [6.07, 6.45) is 5.23. The van der Waals surface area contributed by atoms with Gasteiger partial charge < -0.3 is 15.1 Å². The van der Waals surface area contributed by atoms with Gasteiger partial charge in [0, 0.05) is 38.6 Å². The van der Waals surface area contributed by atoms with E-state index in [9.17, 15) is 9.59 Å². The number of halogens is 2. The Hall–Kier alpha value is -2.08. The largest absolute Gasteiger partial charge is 0.349 e. The average molecular weight is 514 g/mol. The Bertz CT molecular complexity index is 1020. The molecule has 0 aromatic heterocycles. The maximum atomic E-state index is 13.1. The van der Waals surface area contributed by atoms with Gasteiger partial charge >= 0.3 is 0 Å². The summed E-state index contributed by atoms with van der Waals surface area (Å²) in [5, 5.41) is 4.18. The predicted molar refractivity (Wildman–Crippen MR) is 140 cm³/mol. The first kappa shape index (κ1) is 24.6. The minimum atomic E-state index is -0.0692. The van der Waals surface area contributed by atoms with Crippen molar-refractivity contribution in [3.05, 3.63) is 69.7 Å². The van der Waals surface area contributed by atoms with Crippen LogP contribution in [0.2, 0.25) is 10.0 Å². The summed E-state index contributed by atoms with van der Waals surface area (Å²) in [6.45, 7) is 4.36. The van der Waals surface area contributed by atoms with Crippen molar-refractivity contribution in [2.45, 2.75) is 38.1 Å². The first-order valence-corrected chi connectivity index (χ1v) is 13.6. The molecular formula is C28H33Cl2N3O2. The van der Waals surface area contributed by atoms with Crippen molar-refractivity contribution < 1.29 is 9.59 Å². The standard InChI is InChI=1S/C28H33Cl2N3O2/c29-23-11-6-12-24(30)26(23)28(35)33-17-21-15-32(16-22(21)18-33)14-13-25(19-7-2-1-3-8-19)31-27(34)20-9-4-5-10-20/h1-3,6-8,11-12,20-22,25H,4-5,9-10,13-18H2,(H,31,34)/t21-,22+,25-/m0/s1. The topological polar surface area (TPSA) is 52.7 Å². The molecule has 0 radical (unpaired) electrons. The molecule has 7 heteroatoms. The first-order valence-electron chi connectivity index (χ1n) is 12.8. The molecule has 5 rings (SSSR count). The van der Waals surface area contributed by atoms with Crippen LogP contribution >= 0.6 is 23.2 Å². The Morgan fingerprint density at radius 1 is 0.886 bits per heavy atom. The van der Waals surface area contributed by atoms with Crippen LogP contribution in [-0.2, 0) is 4.79 Å². The van der Waals surface area contributed by atoms with E-state index in [0.717, 1.165) is 64.8 Å².